The zero-order valence-electron chi connectivity index (χ0n) is 12.6. The first kappa shape index (κ1) is 19.2. The molecule has 2 heteroatoms. The molecule has 2 aliphatic rings. The van der Waals surface area contributed by atoms with E-state index < -0.39 is 0 Å². The molecule has 19 heavy (non-hydrogen) atoms. The van der Waals surface area contributed by atoms with Gasteiger partial charge in [0.2, 0.25) is 0 Å². The van der Waals surface area contributed by atoms with Gasteiger partial charge in [0, 0.05) is 5.92 Å². The van der Waals surface area contributed by atoms with Gasteiger partial charge < -0.3 is 0 Å². The molecule has 10 radical (unpaired) electrons. The normalized spacial score (nSPS) is 24.1. The van der Waals surface area contributed by atoms with Crippen LogP contribution in [0, 0.1) is 61.2 Å². The van der Waals surface area contributed by atoms with E-state index in [0.717, 1.165) is 5.92 Å². The van der Waals surface area contributed by atoms with Crippen LogP contribution in [0.5, 0.6) is 0 Å². The van der Waals surface area contributed by atoms with Gasteiger partial charge in [-0.05, 0) is 62.2 Å². The molecular weight excluding hydrogens is 276 g/mol. The van der Waals surface area contributed by atoms with Crippen molar-refractivity contribution in [1.29, 1.82) is 0 Å². The van der Waals surface area contributed by atoms with Gasteiger partial charge in [0.05, 0.1) is 0 Å². The SMILES string of the molecule is CC(=O)[C]1[CH][CH][CH][CH]1.C[C]1[C](C)[C](C)[C](C)[C]1C.[Fe+2]. The summed E-state index contributed by atoms with van der Waals surface area (Å²) in [5, 5.41) is 0. The Hall–Kier alpha value is 0.189. The van der Waals surface area contributed by atoms with E-state index in [-0.39, 0.29) is 22.9 Å². The van der Waals surface area contributed by atoms with Gasteiger partial charge in [-0.25, -0.2) is 0 Å². The monoisotopic (exact) mass is 298 g/mol. The van der Waals surface area contributed by atoms with Crippen molar-refractivity contribution in [1.82, 2.24) is 0 Å². The summed E-state index contributed by atoms with van der Waals surface area (Å²) >= 11 is 0. The number of Topliss-reactive ketones (excluding diaryl/α,β-unsaturated/α-hetero) is 1. The fourth-order valence-electron chi connectivity index (χ4n) is 2.01. The van der Waals surface area contributed by atoms with E-state index in [4.69, 9.17) is 0 Å². The molecule has 0 saturated heterocycles. The molecule has 0 aromatic heterocycles. The zero-order chi connectivity index (χ0) is 13.9. The van der Waals surface area contributed by atoms with Crippen LogP contribution in [0.2, 0.25) is 0 Å². The number of carbonyl (C=O) groups excluding carboxylic acids is 1. The molecule has 2 aliphatic carbocycles. The van der Waals surface area contributed by atoms with Crippen LogP contribution < -0.4 is 0 Å². The topological polar surface area (TPSA) is 17.1 Å². The van der Waals surface area contributed by atoms with Crippen LogP contribution in [-0.4, -0.2) is 5.78 Å². The van der Waals surface area contributed by atoms with Crippen molar-refractivity contribution in [2.24, 2.45) is 0 Å². The molecule has 0 atom stereocenters. The van der Waals surface area contributed by atoms with Crippen LogP contribution in [-0.2, 0) is 21.9 Å². The second kappa shape index (κ2) is 8.47. The van der Waals surface area contributed by atoms with Crippen molar-refractivity contribution < 1.29 is 21.9 Å². The predicted molar refractivity (Wildman–Crippen MR) is 75.7 cm³/mol. The molecule has 0 N–H and O–H groups in total. The number of rotatable bonds is 1. The summed E-state index contributed by atoms with van der Waals surface area (Å²) in [4.78, 5) is 10.5. The molecule has 1 nitrogen and oxygen atoms in total. The maximum atomic E-state index is 10.5. The molecule has 2 saturated carbocycles. The Labute approximate surface area is 130 Å². The minimum absolute atomic E-state index is 0. The van der Waals surface area contributed by atoms with Gasteiger partial charge in [0.15, 0.2) is 0 Å². The number of hydrogen-bond acceptors (Lipinski definition) is 1. The van der Waals surface area contributed by atoms with Crippen LogP contribution in [0.4, 0.5) is 0 Å². The van der Waals surface area contributed by atoms with Gasteiger partial charge in [-0.1, -0.05) is 34.6 Å². The van der Waals surface area contributed by atoms with Gasteiger partial charge >= 0.3 is 17.1 Å². The van der Waals surface area contributed by atoms with Crippen molar-refractivity contribution in [2.45, 2.75) is 41.5 Å². The maximum absolute atomic E-state index is 10.5. The molecular formula is C17H22FeO+2. The van der Waals surface area contributed by atoms with Crippen LogP contribution in [0.25, 0.3) is 0 Å². The van der Waals surface area contributed by atoms with E-state index in [2.05, 4.69) is 34.6 Å². The summed E-state index contributed by atoms with van der Waals surface area (Å²) in [6.07, 6.45) is 7.33. The van der Waals surface area contributed by atoms with E-state index >= 15 is 0 Å². The first-order chi connectivity index (χ1) is 8.36. The molecule has 0 unspecified atom stereocenters. The molecule has 2 fully saturated rings. The van der Waals surface area contributed by atoms with Crippen molar-refractivity contribution in [2.75, 3.05) is 0 Å². The van der Waals surface area contributed by atoms with Gasteiger partial charge in [-0.3, -0.25) is 4.79 Å². The van der Waals surface area contributed by atoms with E-state index in [1.807, 2.05) is 25.7 Å². The molecule has 0 aromatic carbocycles. The molecule has 0 spiro atoms. The Bertz CT molecular complexity index is 226. The minimum atomic E-state index is 0. The van der Waals surface area contributed by atoms with Crippen molar-refractivity contribution in [3.8, 4) is 0 Å². The molecule has 0 bridgehead atoms. The Morgan fingerprint density at radius 3 is 1.16 bits per heavy atom. The second-order valence-electron chi connectivity index (χ2n) is 4.85. The number of hydrogen-bond donors (Lipinski definition) is 0. The van der Waals surface area contributed by atoms with Crippen LogP contribution >= 0.6 is 0 Å². The van der Waals surface area contributed by atoms with Crippen LogP contribution in [0.3, 0.4) is 0 Å². The Morgan fingerprint density at radius 2 is 1.00 bits per heavy atom. The van der Waals surface area contributed by atoms with Gasteiger partial charge in [0.25, 0.3) is 0 Å². The quantitative estimate of drug-likeness (QED) is 0.670. The molecule has 0 aliphatic heterocycles. The predicted octanol–water partition coefficient (Wildman–Crippen LogP) is 3.95. The summed E-state index contributed by atoms with van der Waals surface area (Å²) in [6.45, 7) is 12.6. The van der Waals surface area contributed by atoms with E-state index in [1.54, 1.807) is 6.92 Å². The van der Waals surface area contributed by atoms with Gasteiger partial charge in [0.1, 0.15) is 5.78 Å². The molecule has 0 amide bonds. The Kier molecular flexibility index (Phi) is 8.55. The Morgan fingerprint density at radius 1 is 0.737 bits per heavy atom. The fourth-order valence-corrected chi connectivity index (χ4v) is 2.01. The van der Waals surface area contributed by atoms with E-state index in [9.17, 15) is 4.79 Å². The maximum Gasteiger partial charge on any atom is 2.00 e. The third kappa shape index (κ3) is 4.90. The zero-order valence-corrected chi connectivity index (χ0v) is 13.7. The minimum Gasteiger partial charge on any atom is -0.299 e. The fraction of sp³-hybridized carbons (Fsp3) is 0.353. The van der Waals surface area contributed by atoms with E-state index in [1.165, 1.54) is 29.6 Å². The summed E-state index contributed by atoms with van der Waals surface area (Å²) in [5.74, 6) is 8.27. The molecule has 102 valence electrons. The van der Waals surface area contributed by atoms with E-state index in [0.29, 0.717) is 0 Å². The van der Waals surface area contributed by atoms with Crippen molar-refractivity contribution in [3.63, 3.8) is 0 Å². The smallest absolute Gasteiger partial charge is 0.299 e. The Balaban J connectivity index is 0.000000331. The third-order valence-corrected chi connectivity index (χ3v) is 3.88. The third-order valence-electron chi connectivity index (χ3n) is 3.88. The molecule has 0 heterocycles. The summed E-state index contributed by atoms with van der Waals surface area (Å²) in [5.41, 5.74) is 0. The van der Waals surface area contributed by atoms with Crippen LogP contribution in [0.15, 0.2) is 0 Å². The first-order valence-corrected chi connectivity index (χ1v) is 6.28. The number of carbonyl (C=O) groups is 1. The standard InChI is InChI=1S/C10H15.C7H7O.Fe/c1-6-7(2)9(4)10(5)8(6)3;1-6(8)7-4-2-3-5-7;/h1-5H3;2-5H,1H3;/q;;+2. The largest absolute Gasteiger partial charge is 2.00 e. The second-order valence-corrected chi connectivity index (χ2v) is 4.85. The summed E-state index contributed by atoms with van der Waals surface area (Å²) in [6, 6.07) is 0. The average Bonchev–Trinajstić information content (AvgIpc) is 2.93. The molecule has 0 aromatic rings. The summed E-state index contributed by atoms with van der Waals surface area (Å²) in [7, 11) is 0. The summed E-state index contributed by atoms with van der Waals surface area (Å²) < 4.78 is 0. The van der Waals surface area contributed by atoms with Crippen LogP contribution in [0.1, 0.15) is 41.5 Å². The average molecular weight is 298 g/mol. The van der Waals surface area contributed by atoms with Crippen molar-refractivity contribution >= 4 is 5.78 Å². The van der Waals surface area contributed by atoms with Gasteiger partial charge in [-0.2, -0.15) is 0 Å². The van der Waals surface area contributed by atoms with Crippen molar-refractivity contribution in [3.05, 3.63) is 61.2 Å². The van der Waals surface area contributed by atoms with Gasteiger partial charge in [-0.15, -0.1) is 0 Å². The number of ketones is 1. The first-order valence-electron chi connectivity index (χ1n) is 6.28. The molecule has 2 rings (SSSR count).